The Balaban J connectivity index is 1.78. The molecule has 0 saturated carbocycles. The van der Waals surface area contributed by atoms with Gasteiger partial charge in [0.15, 0.2) is 23.1 Å². The number of carbonyl (C=O) groups excluding carboxylic acids is 2. The predicted octanol–water partition coefficient (Wildman–Crippen LogP) is 3.99. The van der Waals surface area contributed by atoms with Crippen LogP contribution in [0.4, 0.5) is 14.5 Å². The SMILES string of the molecule is O=C1Nc2ccc(C(=O)c3ccco3)cc2/C1=C/c1cc(F)c(O)c(F)c1. The molecule has 3 aromatic rings. The number of ketones is 1. The molecule has 1 aliphatic heterocycles. The van der Waals surface area contributed by atoms with Gasteiger partial charge in [-0.15, -0.1) is 0 Å². The van der Waals surface area contributed by atoms with E-state index in [1.54, 1.807) is 18.2 Å². The average Bonchev–Trinajstić information content (AvgIpc) is 3.27. The first kappa shape index (κ1) is 16.7. The van der Waals surface area contributed by atoms with Crippen LogP contribution in [0.3, 0.4) is 0 Å². The second-order valence-electron chi connectivity index (χ2n) is 5.91. The van der Waals surface area contributed by atoms with E-state index in [0.717, 1.165) is 12.1 Å². The van der Waals surface area contributed by atoms with Crippen molar-refractivity contribution in [1.82, 2.24) is 0 Å². The van der Waals surface area contributed by atoms with Crippen LogP contribution in [0.15, 0.2) is 53.1 Å². The maximum Gasteiger partial charge on any atom is 0.256 e. The van der Waals surface area contributed by atoms with Gasteiger partial charge in [0.1, 0.15) is 0 Å². The van der Waals surface area contributed by atoms with Crippen molar-refractivity contribution in [2.45, 2.75) is 0 Å². The first-order chi connectivity index (χ1) is 12.9. The highest BCUT2D eigenvalue weighted by Crippen LogP contribution is 2.35. The molecule has 27 heavy (non-hydrogen) atoms. The number of carbonyl (C=O) groups is 2. The molecule has 5 nitrogen and oxygen atoms in total. The lowest BCUT2D eigenvalue weighted by Gasteiger charge is -2.04. The number of aromatic hydroxyl groups is 1. The molecule has 4 rings (SSSR count). The third-order valence-electron chi connectivity index (χ3n) is 4.16. The molecule has 0 saturated heterocycles. The van der Waals surface area contributed by atoms with Gasteiger partial charge in [0.25, 0.3) is 5.91 Å². The van der Waals surface area contributed by atoms with Gasteiger partial charge in [-0.05, 0) is 54.1 Å². The van der Waals surface area contributed by atoms with E-state index in [1.165, 1.54) is 24.5 Å². The van der Waals surface area contributed by atoms with Gasteiger partial charge in [0, 0.05) is 22.4 Å². The number of fused-ring (bicyclic) bond motifs is 1. The first-order valence-electron chi connectivity index (χ1n) is 7.88. The zero-order valence-corrected chi connectivity index (χ0v) is 13.6. The third-order valence-corrected chi connectivity index (χ3v) is 4.16. The molecule has 0 radical (unpaired) electrons. The van der Waals surface area contributed by atoms with Crippen LogP contribution in [0.5, 0.6) is 5.75 Å². The minimum Gasteiger partial charge on any atom is -0.503 e. The summed E-state index contributed by atoms with van der Waals surface area (Å²) in [6, 6.07) is 9.57. The maximum absolute atomic E-state index is 13.6. The van der Waals surface area contributed by atoms with Crippen LogP contribution in [0.25, 0.3) is 11.6 Å². The lowest BCUT2D eigenvalue weighted by molar-refractivity contribution is -0.110. The number of anilines is 1. The van der Waals surface area contributed by atoms with Gasteiger partial charge in [0.05, 0.1) is 6.26 Å². The highest BCUT2D eigenvalue weighted by Gasteiger charge is 2.26. The molecule has 1 amide bonds. The van der Waals surface area contributed by atoms with Gasteiger partial charge in [-0.25, -0.2) is 8.78 Å². The summed E-state index contributed by atoms with van der Waals surface area (Å²) in [6.45, 7) is 0. The largest absolute Gasteiger partial charge is 0.503 e. The maximum atomic E-state index is 13.6. The summed E-state index contributed by atoms with van der Waals surface area (Å²) in [4.78, 5) is 24.7. The highest BCUT2D eigenvalue weighted by molar-refractivity contribution is 6.35. The lowest BCUT2D eigenvalue weighted by atomic mass is 9.99. The fourth-order valence-electron chi connectivity index (χ4n) is 2.86. The molecule has 0 atom stereocenters. The van der Waals surface area contributed by atoms with E-state index >= 15 is 0 Å². The number of amides is 1. The van der Waals surface area contributed by atoms with Gasteiger partial charge >= 0.3 is 0 Å². The summed E-state index contributed by atoms with van der Waals surface area (Å²) < 4.78 is 32.2. The Labute approximate surface area is 151 Å². The molecule has 7 heteroatoms. The number of hydrogen-bond acceptors (Lipinski definition) is 4. The summed E-state index contributed by atoms with van der Waals surface area (Å²) in [6.07, 6.45) is 2.67. The van der Waals surface area contributed by atoms with Crippen molar-refractivity contribution in [2.75, 3.05) is 5.32 Å². The van der Waals surface area contributed by atoms with Crippen molar-refractivity contribution in [3.63, 3.8) is 0 Å². The van der Waals surface area contributed by atoms with Gasteiger partial charge in [0.2, 0.25) is 5.78 Å². The van der Waals surface area contributed by atoms with E-state index in [0.29, 0.717) is 16.8 Å². The van der Waals surface area contributed by atoms with Crippen molar-refractivity contribution in [3.05, 3.63) is 82.8 Å². The van der Waals surface area contributed by atoms with Crippen LogP contribution >= 0.6 is 0 Å². The van der Waals surface area contributed by atoms with E-state index < -0.39 is 23.3 Å². The van der Waals surface area contributed by atoms with Gasteiger partial charge in [-0.3, -0.25) is 9.59 Å². The topological polar surface area (TPSA) is 79.5 Å². The van der Waals surface area contributed by atoms with Crippen molar-refractivity contribution in [3.8, 4) is 5.75 Å². The summed E-state index contributed by atoms with van der Waals surface area (Å²) >= 11 is 0. The smallest absolute Gasteiger partial charge is 0.256 e. The number of phenols is 1. The van der Waals surface area contributed by atoms with Crippen LogP contribution in [-0.4, -0.2) is 16.8 Å². The molecule has 0 aliphatic carbocycles. The fraction of sp³-hybridized carbons (Fsp3) is 0. The lowest BCUT2D eigenvalue weighted by Crippen LogP contribution is -2.03. The molecular formula is C20H11F2NO4. The molecule has 134 valence electrons. The Morgan fingerprint density at radius 3 is 2.52 bits per heavy atom. The molecule has 2 aromatic carbocycles. The van der Waals surface area contributed by atoms with E-state index in [1.807, 2.05) is 0 Å². The summed E-state index contributed by atoms with van der Waals surface area (Å²) in [5.41, 5.74) is 1.40. The Kier molecular flexibility index (Phi) is 3.84. The van der Waals surface area contributed by atoms with E-state index in [2.05, 4.69) is 5.32 Å². The van der Waals surface area contributed by atoms with Crippen molar-refractivity contribution in [2.24, 2.45) is 0 Å². The highest BCUT2D eigenvalue weighted by atomic mass is 19.1. The summed E-state index contributed by atoms with van der Waals surface area (Å²) in [7, 11) is 0. The molecule has 1 aliphatic rings. The van der Waals surface area contributed by atoms with Crippen LogP contribution in [0.2, 0.25) is 0 Å². The molecule has 0 spiro atoms. The zero-order valence-electron chi connectivity index (χ0n) is 13.6. The van der Waals surface area contributed by atoms with Gasteiger partial charge in [-0.2, -0.15) is 0 Å². The normalized spacial score (nSPS) is 14.3. The number of hydrogen-bond donors (Lipinski definition) is 2. The monoisotopic (exact) mass is 367 g/mol. The molecule has 0 bridgehead atoms. The minimum atomic E-state index is -1.14. The number of rotatable bonds is 3. The number of phenolic OH excluding ortho intramolecular Hbond substituents is 1. The molecule has 2 N–H and O–H groups in total. The van der Waals surface area contributed by atoms with Crippen LogP contribution < -0.4 is 5.32 Å². The summed E-state index contributed by atoms with van der Waals surface area (Å²) in [5.74, 6) is -4.03. The van der Waals surface area contributed by atoms with Crippen LogP contribution in [0.1, 0.15) is 27.2 Å². The number of benzene rings is 2. The summed E-state index contributed by atoms with van der Waals surface area (Å²) in [5, 5.41) is 11.8. The minimum absolute atomic E-state index is 0.0589. The molecule has 1 aromatic heterocycles. The number of furan rings is 1. The van der Waals surface area contributed by atoms with E-state index in [4.69, 9.17) is 4.42 Å². The standard InChI is InChI=1S/C20H11F2NO4/c21-14-7-10(8-15(22)19(14)25)6-13-12-9-11(3-4-16(12)23-20(13)26)18(24)17-2-1-5-27-17/h1-9,25H,(H,23,26)/b13-6-. The van der Waals surface area contributed by atoms with E-state index in [-0.39, 0.29) is 22.7 Å². The predicted molar refractivity (Wildman–Crippen MR) is 93.1 cm³/mol. The van der Waals surface area contributed by atoms with Crippen LogP contribution in [-0.2, 0) is 4.79 Å². The quantitative estimate of drug-likeness (QED) is 0.542. The molecule has 2 heterocycles. The van der Waals surface area contributed by atoms with Gasteiger partial charge in [-0.1, -0.05) is 0 Å². The van der Waals surface area contributed by atoms with E-state index in [9.17, 15) is 23.5 Å². The number of halogens is 2. The molecular weight excluding hydrogens is 356 g/mol. The Morgan fingerprint density at radius 2 is 1.85 bits per heavy atom. The number of nitrogens with one attached hydrogen (secondary N) is 1. The Morgan fingerprint density at radius 1 is 1.11 bits per heavy atom. The zero-order chi connectivity index (χ0) is 19.1. The molecule has 0 fully saturated rings. The Bertz CT molecular complexity index is 1090. The molecule has 0 unspecified atom stereocenters. The first-order valence-corrected chi connectivity index (χ1v) is 7.88. The fourth-order valence-corrected chi connectivity index (χ4v) is 2.86. The second-order valence-corrected chi connectivity index (χ2v) is 5.91. The van der Waals surface area contributed by atoms with Crippen molar-refractivity contribution < 1.29 is 27.9 Å². The third kappa shape index (κ3) is 2.89. The van der Waals surface area contributed by atoms with Crippen molar-refractivity contribution in [1.29, 1.82) is 0 Å². The average molecular weight is 367 g/mol. The van der Waals surface area contributed by atoms with Crippen LogP contribution in [0, 0.1) is 11.6 Å². The van der Waals surface area contributed by atoms with Crippen molar-refractivity contribution >= 4 is 29.0 Å². The van der Waals surface area contributed by atoms with Gasteiger partial charge < -0.3 is 14.8 Å². The Hall–Kier alpha value is -3.74. The second kappa shape index (κ2) is 6.21.